The van der Waals surface area contributed by atoms with E-state index in [2.05, 4.69) is 9.72 Å². The Morgan fingerprint density at radius 3 is 2.73 bits per heavy atom. The number of aromatic amines is 1. The van der Waals surface area contributed by atoms with Crippen LogP contribution in [0.3, 0.4) is 0 Å². The second kappa shape index (κ2) is 3.01. The molecule has 4 nitrogen and oxygen atoms in total. The molecule has 0 atom stereocenters. The van der Waals surface area contributed by atoms with Crippen molar-refractivity contribution in [3.05, 3.63) is 24.0 Å². The van der Waals surface area contributed by atoms with Crippen LogP contribution in [-0.4, -0.2) is 16.9 Å². The van der Waals surface area contributed by atoms with E-state index >= 15 is 0 Å². The van der Waals surface area contributed by atoms with E-state index < -0.39 is 11.9 Å². The molecule has 0 saturated heterocycles. The van der Waals surface area contributed by atoms with Gasteiger partial charge in [-0.05, 0) is 12.1 Å². The highest BCUT2D eigenvalue weighted by Crippen LogP contribution is 1.96. The molecule has 0 spiro atoms. The Labute approximate surface area is 63.2 Å². The first kappa shape index (κ1) is 7.53. The van der Waals surface area contributed by atoms with Crippen molar-refractivity contribution in [3.63, 3.8) is 0 Å². The maximum Gasteiger partial charge on any atom is 0.362 e. The van der Waals surface area contributed by atoms with Crippen molar-refractivity contribution in [2.45, 2.75) is 6.92 Å². The van der Waals surface area contributed by atoms with Crippen molar-refractivity contribution in [2.24, 2.45) is 0 Å². The molecule has 1 aromatic heterocycles. The van der Waals surface area contributed by atoms with E-state index in [-0.39, 0.29) is 5.69 Å². The van der Waals surface area contributed by atoms with Crippen LogP contribution in [0.4, 0.5) is 0 Å². The fraction of sp³-hybridized carbons (Fsp3) is 0.143. The van der Waals surface area contributed by atoms with E-state index in [1.807, 2.05) is 0 Å². The zero-order valence-electron chi connectivity index (χ0n) is 5.96. The van der Waals surface area contributed by atoms with E-state index in [1.54, 1.807) is 12.3 Å². The molecule has 1 N–H and O–H groups in total. The van der Waals surface area contributed by atoms with Gasteiger partial charge in [0.2, 0.25) is 0 Å². The summed E-state index contributed by atoms with van der Waals surface area (Å²) in [5.41, 5.74) is 0.278. The number of hydrogen-bond donors (Lipinski definition) is 1. The molecule has 1 heterocycles. The summed E-state index contributed by atoms with van der Waals surface area (Å²) in [4.78, 5) is 23.7. The Hall–Kier alpha value is -1.58. The average Bonchev–Trinajstić information content (AvgIpc) is 2.35. The first-order valence-corrected chi connectivity index (χ1v) is 3.06. The maximum absolute atomic E-state index is 10.8. The summed E-state index contributed by atoms with van der Waals surface area (Å²) in [6.45, 7) is 1.18. The Morgan fingerprint density at radius 2 is 2.27 bits per heavy atom. The van der Waals surface area contributed by atoms with Crippen molar-refractivity contribution in [1.82, 2.24) is 4.98 Å². The standard InChI is InChI=1S/C7H7NO3/c1-5(9)11-7(10)6-3-2-4-8-6/h2-4,8H,1H3. The first-order chi connectivity index (χ1) is 5.20. The summed E-state index contributed by atoms with van der Waals surface area (Å²) < 4.78 is 4.29. The molecule has 0 aromatic carbocycles. The predicted octanol–water partition coefficient (Wildman–Crippen LogP) is 0.718. The number of carbonyl (C=O) groups excluding carboxylic acids is 2. The predicted molar refractivity (Wildman–Crippen MR) is 36.9 cm³/mol. The summed E-state index contributed by atoms with van der Waals surface area (Å²) in [6.07, 6.45) is 1.58. The van der Waals surface area contributed by atoms with Crippen molar-refractivity contribution in [2.75, 3.05) is 0 Å². The molecular formula is C7H7NO3. The number of carbonyl (C=O) groups is 2. The monoisotopic (exact) mass is 153 g/mol. The largest absolute Gasteiger partial charge is 0.389 e. The topological polar surface area (TPSA) is 59.2 Å². The highest BCUT2D eigenvalue weighted by molar-refractivity contribution is 5.94. The van der Waals surface area contributed by atoms with Crippen LogP contribution in [0.1, 0.15) is 17.4 Å². The van der Waals surface area contributed by atoms with E-state index in [0.29, 0.717) is 0 Å². The van der Waals surface area contributed by atoms with E-state index in [0.717, 1.165) is 0 Å². The van der Waals surface area contributed by atoms with Crippen molar-refractivity contribution >= 4 is 11.9 Å². The fourth-order valence-corrected chi connectivity index (χ4v) is 0.643. The molecule has 0 aliphatic carbocycles. The van der Waals surface area contributed by atoms with Gasteiger partial charge in [0.25, 0.3) is 0 Å². The van der Waals surface area contributed by atoms with Crippen LogP contribution in [0, 0.1) is 0 Å². The van der Waals surface area contributed by atoms with Crippen molar-refractivity contribution in [3.8, 4) is 0 Å². The second-order valence-corrected chi connectivity index (χ2v) is 1.96. The molecule has 0 unspecified atom stereocenters. The van der Waals surface area contributed by atoms with Gasteiger partial charge in [-0.2, -0.15) is 0 Å². The number of esters is 2. The average molecular weight is 153 g/mol. The molecule has 1 rings (SSSR count). The van der Waals surface area contributed by atoms with Crippen LogP contribution in [0.15, 0.2) is 18.3 Å². The molecule has 0 aliphatic rings. The Kier molecular flexibility index (Phi) is 2.06. The number of aromatic nitrogens is 1. The number of hydrogen-bond acceptors (Lipinski definition) is 3. The van der Waals surface area contributed by atoms with Gasteiger partial charge in [-0.1, -0.05) is 0 Å². The van der Waals surface area contributed by atoms with Crippen LogP contribution in [0.5, 0.6) is 0 Å². The van der Waals surface area contributed by atoms with Crippen LogP contribution in [-0.2, 0) is 9.53 Å². The summed E-state index contributed by atoms with van der Waals surface area (Å²) in [6, 6.07) is 3.18. The van der Waals surface area contributed by atoms with Gasteiger partial charge in [0, 0.05) is 13.1 Å². The van der Waals surface area contributed by atoms with E-state index in [1.165, 1.54) is 13.0 Å². The molecule has 1 aromatic rings. The van der Waals surface area contributed by atoms with Crippen molar-refractivity contribution < 1.29 is 14.3 Å². The number of ether oxygens (including phenoxy) is 1. The summed E-state index contributed by atoms with van der Waals surface area (Å²) in [5, 5.41) is 0. The minimum atomic E-state index is -0.650. The highest BCUT2D eigenvalue weighted by atomic mass is 16.6. The third-order valence-electron chi connectivity index (χ3n) is 1.05. The minimum Gasteiger partial charge on any atom is -0.389 e. The van der Waals surface area contributed by atoms with Crippen molar-refractivity contribution in [1.29, 1.82) is 0 Å². The molecule has 0 amide bonds. The lowest BCUT2D eigenvalue weighted by molar-refractivity contribution is -0.135. The lowest BCUT2D eigenvalue weighted by atomic mass is 10.4. The summed E-state index contributed by atoms with van der Waals surface area (Å²) in [5.74, 6) is -1.26. The molecule has 58 valence electrons. The lowest BCUT2D eigenvalue weighted by Gasteiger charge is -1.94. The fourth-order valence-electron chi connectivity index (χ4n) is 0.643. The Bertz CT molecular complexity index is 263. The molecule has 0 saturated carbocycles. The van der Waals surface area contributed by atoms with Gasteiger partial charge in [-0.3, -0.25) is 4.79 Å². The van der Waals surface area contributed by atoms with Crippen LogP contribution >= 0.6 is 0 Å². The minimum absolute atomic E-state index is 0.278. The molecule has 0 aliphatic heterocycles. The third-order valence-corrected chi connectivity index (χ3v) is 1.05. The quantitative estimate of drug-likeness (QED) is 0.477. The van der Waals surface area contributed by atoms with Gasteiger partial charge in [0.1, 0.15) is 5.69 Å². The normalized spacial score (nSPS) is 9.18. The zero-order valence-corrected chi connectivity index (χ0v) is 5.96. The number of rotatable bonds is 1. The summed E-state index contributed by atoms with van der Waals surface area (Å²) in [7, 11) is 0. The second-order valence-electron chi connectivity index (χ2n) is 1.96. The van der Waals surface area contributed by atoms with Gasteiger partial charge in [0.05, 0.1) is 0 Å². The molecule has 4 heteroatoms. The smallest absolute Gasteiger partial charge is 0.362 e. The molecule has 11 heavy (non-hydrogen) atoms. The molecular weight excluding hydrogens is 146 g/mol. The van der Waals surface area contributed by atoms with Gasteiger partial charge in [-0.25, -0.2) is 4.79 Å². The first-order valence-electron chi connectivity index (χ1n) is 3.06. The molecule has 0 radical (unpaired) electrons. The maximum atomic E-state index is 10.8. The summed E-state index contributed by atoms with van der Waals surface area (Å²) >= 11 is 0. The van der Waals surface area contributed by atoms with Crippen LogP contribution in [0.2, 0.25) is 0 Å². The van der Waals surface area contributed by atoms with E-state index in [4.69, 9.17) is 0 Å². The molecule has 0 fully saturated rings. The highest BCUT2D eigenvalue weighted by Gasteiger charge is 2.08. The van der Waals surface area contributed by atoms with Crippen LogP contribution in [0.25, 0.3) is 0 Å². The zero-order chi connectivity index (χ0) is 8.27. The van der Waals surface area contributed by atoms with Crippen LogP contribution < -0.4 is 0 Å². The van der Waals surface area contributed by atoms with Gasteiger partial charge >= 0.3 is 11.9 Å². The third kappa shape index (κ3) is 1.93. The van der Waals surface area contributed by atoms with E-state index in [9.17, 15) is 9.59 Å². The van der Waals surface area contributed by atoms with Gasteiger partial charge < -0.3 is 9.72 Å². The number of H-pyrrole nitrogens is 1. The Balaban J connectivity index is 2.64. The SMILES string of the molecule is CC(=O)OC(=O)c1ccc[nH]1. The van der Waals surface area contributed by atoms with Gasteiger partial charge in [0.15, 0.2) is 0 Å². The lowest BCUT2D eigenvalue weighted by Crippen LogP contribution is -2.09. The Morgan fingerprint density at radius 1 is 1.55 bits per heavy atom. The number of nitrogens with one attached hydrogen (secondary N) is 1. The van der Waals surface area contributed by atoms with Gasteiger partial charge in [-0.15, -0.1) is 0 Å². The molecule has 0 bridgehead atoms.